The van der Waals surface area contributed by atoms with Crippen LogP contribution in [0, 0.1) is 6.92 Å². The first kappa shape index (κ1) is 9.59. The van der Waals surface area contributed by atoms with Crippen LogP contribution >= 0.6 is 0 Å². The Morgan fingerprint density at radius 3 is 2.00 bits per heavy atom. The first-order valence-electron chi connectivity index (χ1n) is 4.75. The number of benzene rings is 2. The van der Waals surface area contributed by atoms with Crippen LogP contribution in [0.5, 0.6) is 11.5 Å². The summed E-state index contributed by atoms with van der Waals surface area (Å²) in [7, 11) is 0. The minimum atomic E-state index is 0.246. The van der Waals surface area contributed by atoms with Gasteiger partial charge in [-0.3, -0.25) is 0 Å². The molecule has 2 aromatic carbocycles. The molecule has 0 aliphatic rings. The fraction of sp³-hybridized carbons (Fsp3) is 0.0769. The Bertz CT molecular complexity index is 452. The molecule has 0 heterocycles. The second kappa shape index (κ2) is 3.65. The molecule has 15 heavy (non-hydrogen) atoms. The highest BCUT2D eigenvalue weighted by molar-refractivity contribution is 5.66. The Balaban J connectivity index is 2.49. The Morgan fingerprint density at radius 1 is 0.733 bits per heavy atom. The summed E-state index contributed by atoms with van der Waals surface area (Å²) in [6.07, 6.45) is 0. The van der Waals surface area contributed by atoms with E-state index in [4.69, 9.17) is 5.11 Å². The Hall–Kier alpha value is -1.96. The first-order chi connectivity index (χ1) is 7.15. The van der Waals surface area contributed by atoms with E-state index in [9.17, 15) is 5.11 Å². The monoisotopic (exact) mass is 200 g/mol. The number of phenolic OH excluding ortho intramolecular Hbond substituents is 2. The van der Waals surface area contributed by atoms with E-state index in [1.165, 1.54) is 0 Å². The van der Waals surface area contributed by atoms with E-state index >= 15 is 0 Å². The van der Waals surface area contributed by atoms with Crippen molar-refractivity contribution < 1.29 is 10.2 Å². The molecule has 0 radical (unpaired) electrons. The normalized spacial score (nSPS) is 10.2. The summed E-state index contributed by atoms with van der Waals surface area (Å²) in [5.41, 5.74) is 2.94. The van der Waals surface area contributed by atoms with Gasteiger partial charge in [0.05, 0.1) is 0 Å². The third kappa shape index (κ3) is 2.10. The van der Waals surface area contributed by atoms with E-state index in [1.807, 2.05) is 25.1 Å². The van der Waals surface area contributed by atoms with Crippen molar-refractivity contribution in [2.75, 3.05) is 0 Å². The van der Waals surface area contributed by atoms with Crippen molar-refractivity contribution >= 4 is 0 Å². The lowest BCUT2D eigenvalue weighted by Crippen LogP contribution is -1.79. The molecule has 0 saturated carbocycles. The van der Waals surface area contributed by atoms with Gasteiger partial charge in [-0.2, -0.15) is 0 Å². The smallest absolute Gasteiger partial charge is 0.116 e. The summed E-state index contributed by atoms with van der Waals surface area (Å²) in [5, 5.41) is 18.6. The predicted octanol–water partition coefficient (Wildman–Crippen LogP) is 3.07. The topological polar surface area (TPSA) is 40.5 Å². The van der Waals surface area contributed by atoms with Gasteiger partial charge in [0.25, 0.3) is 0 Å². The number of aryl methyl sites for hydroxylation is 1. The van der Waals surface area contributed by atoms with E-state index in [1.54, 1.807) is 24.3 Å². The second-order valence-corrected chi connectivity index (χ2v) is 3.60. The highest BCUT2D eigenvalue weighted by Crippen LogP contribution is 2.26. The molecule has 76 valence electrons. The number of rotatable bonds is 1. The van der Waals surface area contributed by atoms with Crippen LogP contribution in [0.25, 0.3) is 11.1 Å². The molecule has 2 aromatic rings. The maximum absolute atomic E-state index is 9.46. The predicted molar refractivity (Wildman–Crippen MR) is 59.9 cm³/mol. The van der Waals surface area contributed by atoms with Gasteiger partial charge in [0.1, 0.15) is 11.5 Å². The zero-order chi connectivity index (χ0) is 10.8. The zero-order valence-electron chi connectivity index (χ0n) is 8.44. The van der Waals surface area contributed by atoms with Gasteiger partial charge in [0.15, 0.2) is 0 Å². The molecule has 2 nitrogen and oxygen atoms in total. The lowest BCUT2D eigenvalue weighted by Gasteiger charge is -2.04. The molecule has 2 heteroatoms. The van der Waals surface area contributed by atoms with Crippen LogP contribution in [-0.2, 0) is 0 Å². The van der Waals surface area contributed by atoms with Gasteiger partial charge < -0.3 is 10.2 Å². The Labute approximate surface area is 88.4 Å². The largest absolute Gasteiger partial charge is 0.508 e. The molecule has 0 aliphatic heterocycles. The van der Waals surface area contributed by atoms with Crippen molar-refractivity contribution in [3.8, 4) is 22.6 Å². The van der Waals surface area contributed by atoms with Crippen molar-refractivity contribution in [2.45, 2.75) is 6.92 Å². The van der Waals surface area contributed by atoms with Crippen LogP contribution in [0.3, 0.4) is 0 Å². The highest BCUT2D eigenvalue weighted by atomic mass is 16.3. The minimum absolute atomic E-state index is 0.246. The van der Waals surface area contributed by atoms with Crippen LogP contribution in [-0.4, -0.2) is 10.2 Å². The van der Waals surface area contributed by atoms with Crippen LogP contribution in [0.15, 0.2) is 42.5 Å². The molecular weight excluding hydrogens is 188 g/mol. The standard InChI is InChI=1S/C13H12O2/c1-9-6-11(8-13(15)7-9)10-2-4-12(14)5-3-10/h2-8,14-15H,1H3. The van der Waals surface area contributed by atoms with Gasteiger partial charge in [-0.25, -0.2) is 0 Å². The van der Waals surface area contributed by atoms with Gasteiger partial charge in [-0.1, -0.05) is 18.2 Å². The van der Waals surface area contributed by atoms with E-state index in [-0.39, 0.29) is 11.5 Å². The van der Waals surface area contributed by atoms with Crippen molar-refractivity contribution in [2.24, 2.45) is 0 Å². The van der Waals surface area contributed by atoms with Gasteiger partial charge >= 0.3 is 0 Å². The van der Waals surface area contributed by atoms with E-state index in [0.29, 0.717) is 0 Å². The summed E-state index contributed by atoms with van der Waals surface area (Å²) >= 11 is 0. The summed E-state index contributed by atoms with van der Waals surface area (Å²) in [4.78, 5) is 0. The van der Waals surface area contributed by atoms with Crippen LogP contribution in [0.2, 0.25) is 0 Å². The van der Waals surface area contributed by atoms with Crippen molar-refractivity contribution in [3.05, 3.63) is 48.0 Å². The number of hydrogen-bond acceptors (Lipinski definition) is 2. The maximum Gasteiger partial charge on any atom is 0.116 e. The molecule has 0 fully saturated rings. The molecule has 0 atom stereocenters. The van der Waals surface area contributed by atoms with E-state index in [2.05, 4.69) is 0 Å². The van der Waals surface area contributed by atoms with Crippen LogP contribution in [0.1, 0.15) is 5.56 Å². The van der Waals surface area contributed by atoms with Gasteiger partial charge in [0.2, 0.25) is 0 Å². The molecule has 0 aromatic heterocycles. The molecule has 0 aliphatic carbocycles. The number of aromatic hydroxyl groups is 2. The van der Waals surface area contributed by atoms with Crippen molar-refractivity contribution in [1.29, 1.82) is 0 Å². The zero-order valence-corrected chi connectivity index (χ0v) is 8.44. The molecule has 0 amide bonds. The number of phenols is 2. The molecule has 0 spiro atoms. The van der Waals surface area contributed by atoms with Gasteiger partial charge in [0, 0.05) is 0 Å². The van der Waals surface area contributed by atoms with Crippen molar-refractivity contribution in [1.82, 2.24) is 0 Å². The molecule has 2 rings (SSSR count). The van der Waals surface area contributed by atoms with Gasteiger partial charge in [-0.15, -0.1) is 0 Å². The molecule has 0 saturated heterocycles. The fourth-order valence-corrected chi connectivity index (χ4v) is 1.58. The third-order valence-electron chi connectivity index (χ3n) is 2.26. The minimum Gasteiger partial charge on any atom is -0.508 e. The Morgan fingerprint density at radius 2 is 1.40 bits per heavy atom. The van der Waals surface area contributed by atoms with Crippen LogP contribution in [0.4, 0.5) is 0 Å². The molecule has 0 bridgehead atoms. The summed E-state index contributed by atoms with van der Waals surface area (Å²) in [5.74, 6) is 0.508. The lowest BCUT2D eigenvalue weighted by atomic mass is 10.0. The summed E-state index contributed by atoms with van der Waals surface area (Å²) in [6.45, 7) is 1.93. The average molecular weight is 200 g/mol. The summed E-state index contributed by atoms with van der Waals surface area (Å²) in [6, 6.07) is 12.3. The molecular formula is C13H12O2. The van der Waals surface area contributed by atoms with E-state index in [0.717, 1.165) is 16.7 Å². The molecule has 2 N–H and O–H groups in total. The summed E-state index contributed by atoms with van der Waals surface area (Å²) < 4.78 is 0. The Kier molecular flexibility index (Phi) is 2.34. The average Bonchev–Trinajstić information content (AvgIpc) is 2.17. The SMILES string of the molecule is Cc1cc(O)cc(-c2ccc(O)cc2)c1. The van der Waals surface area contributed by atoms with Crippen LogP contribution < -0.4 is 0 Å². The lowest BCUT2D eigenvalue weighted by molar-refractivity contribution is 0.475. The first-order valence-corrected chi connectivity index (χ1v) is 4.75. The number of hydrogen-bond donors (Lipinski definition) is 2. The van der Waals surface area contributed by atoms with E-state index < -0.39 is 0 Å². The fourth-order valence-electron chi connectivity index (χ4n) is 1.58. The quantitative estimate of drug-likeness (QED) is 0.742. The second-order valence-electron chi connectivity index (χ2n) is 3.60. The van der Waals surface area contributed by atoms with Gasteiger partial charge in [-0.05, 0) is 47.9 Å². The molecule has 0 unspecified atom stereocenters. The highest BCUT2D eigenvalue weighted by Gasteiger charge is 2.00. The maximum atomic E-state index is 9.46. The van der Waals surface area contributed by atoms with Crippen molar-refractivity contribution in [3.63, 3.8) is 0 Å². The third-order valence-corrected chi connectivity index (χ3v) is 2.26.